The molecule has 2 aliphatic rings. The van der Waals surface area contributed by atoms with E-state index in [1.165, 1.54) is 11.8 Å². The molecular weight excluding hydrogens is 454 g/mol. The number of carbonyl (C=O) groups is 1. The maximum Gasteiger partial charge on any atom is 0.264 e. The molecule has 2 fully saturated rings. The molecule has 3 heterocycles. The molecule has 0 saturated carbocycles. The van der Waals surface area contributed by atoms with E-state index in [9.17, 15) is 4.79 Å². The zero-order valence-electron chi connectivity index (χ0n) is 14.1. The van der Waals surface area contributed by atoms with Gasteiger partial charge in [0.25, 0.3) is 5.91 Å². The van der Waals surface area contributed by atoms with Crippen LogP contribution in [-0.2, 0) is 9.53 Å². The van der Waals surface area contributed by atoms with Crippen LogP contribution in [0.25, 0.3) is 6.08 Å². The number of hydrogen-bond acceptors (Lipinski definition) is 6. The summed E-state index contributed by atoms with van der Waals surface area (Å²) in [5.41, 5.74) is 0.682. The van der Waals surface area contributed by atoms with Crippen LogP contribution < -0.4 is 10.2 Å². The fraction of sp³-hybridized carbons (Fsp3) is 0.222. The van der Waals surface area contributed by atoms with Crippen molar-refractivity contribution >= 4 is 68.0 Å². The van der Waals surface area contributed by atoms with Crippen molar-refractivity contribution in [2.75, 3.05) is 31.2 Å². The number of amides is 1. The lowest BCUT2D eigenvalue weighted by atomic mass is 10.3. The monoisotopic (exact) mass is 467 g/mol. The molecule has 0 atom stereocenters. The molecule has 1 amide bonds. The van der Waals surface area contributed by atoms with Crippen LogP contribution in [0.5, 0.6) is 0 Å². The van der Waals surface area contributed by atoms with Crippen molar-refractivity contribution in [3.8, 4) is 0 Å². The number of aliphatic imine (C=N–C) groups is 1. The minimum absolute atomic E-state index is 0.207. The van der Waals surface area contributed by atoms with Gasteiger partial charge in [0.1, 0.15) is 5.76 Å². The Bertz CT molecular complexity index is 938. The number of nitrogens with zero attached hydrogens (tertiary/aromatic N) is 2. The Morgan fingerprint density at radius 3 is 2.89 bits per heavy atom. The van der Waals surface area contributed by atoms with Crippen LogP contribution in [0.1, 0.15) is 5.76 Å². The molecule has 9 heteroatoms. The van der Waals surface area contributed by atoms with E-state index in [1.807, 2.05) is 18.2 Å². The summed E-state index contributed by atoms with van der Waals surface area (Å²) < 4.78 is 12.2. The molecule has 0 aliphatic carbocycles. The summed E-state index contributed by atoms with van der Waals surface area (Å²) in [6, 6.07) is 9.01. The summed E-state index contributed by atoms with van der Waals surface area (Å²) >= 11 is 10.8. The Balaban J connectivity index is 1.53. The van der Waals surface area contributed by atoms with Gasteiger partial charge in [0.15, 0.2) is 5.17 Å². The lowest BCUT2D eigenvalue weighted by Crippen LogP contribution is -2.36. The van der Waals surface area contributed by atoms with Gasteiger partial charge in [-0.1, -0.05) is 17.7 Å². The van der Waals surface area contributed by atoms with Crippen molar-refractivity contribution in [3.63, 3.8) is 0 Å². The second-order valence-electron chi connectivity index (χ2n) is 5.86. The maximum absolute atomic E-state index is 12.3. The molecular formula is C18H15BrClN3O3S. The Hall–Kier alpha value is -1.74. The number of furan rings is 1. The molecule has 1 aromatic heterocycles. The van der Waals surface area contributed by atoms with Gasteiger partial charge in [-0.25, -0.2) is 4.99 Å². The van der Waals surface area contributed by atoms with E-state index in [1.54, 1.807) is 18.2 Å². The first-order valence-corrected chi connectivity index (χ1v) is 10.2. The standard InChI is InChI=1S/C18H15BrClN3O3S/c19-14-9-13(26-17(14)23-4-6-25-7-5-23)10-15-16(24)22-18(27-15)21-12-3-1-2-11(20)8-12/h1-3,8-10H,4-7H2,(H,21,22,24)/b15-10-. The highest BCUT2D eigenvalue weighted by Gasteiger charge is 2.25. The highest BCUT2D eigenvalue weighted by Crippen LogP contribution is 2.34. The van der Waals surface area contributed by atoms with E-state index in [-0.39, 0.29) is 5.91 Å². The largest absolute Gasteiger partial charge is 0.440 e. The van der Waals surface area contributed by atoms with Crippen molar-refractivity contribution in [3.05, 3.63) is 50.5 Å². The Kier molecular flexibility index (Phi) is 5.58. The third-order valence-corrected chi connectivity index (χ3v) is 5.66. The van der Waals surface area contributed by atoms with E-state index in [2.05, 4.69) is 31.1 Å². The van der Waals surface area contributed by atoms with Crippen LogP contribution in [-0.4, -0.2) is 37.4 Å². The summed E-state index contributed by atoms with van der Waals surface area (Å²) in [6.07, 6.45) is 1.72. The molecule has 1 N–H and O–H groups in total. The molecule has 140 valence electrons. The van der Waals surface area contributed by atoms with Crippen molar-refractivity contribution in [1.82, 2.24) is 5.32 Å². The van der Waals surface area contributed by atoms with Crippen LogP contribution in [0.3, 0.4) is 0 Å². The molecule has 2 aromatic rings. The molecule has 0 unspecified atom stereocenters. The van der Waals surface area contributed by atoms with Gasteiger partial charge in [0.2, 0.25) is 5.88 Å². The molecule has 6 nitrogen and oxygen atoms in total. The molecule has 0 radical (unpaired) electrons. The van der Waals surface area contributed by atoms with E-state index in [0.717, 1.165) is 23.4 Å². The third kappa shape index (κ3) is 4.40. The molecule has 2 saturated heterocycles. The number of ether oxygens (including phenoxy) is 1. The number of nitrogens with one attached hydrogen (secondary N) is 1. The third-order valence-electron chi connectivity index (χ3n) is 3.95. The van der Waals surface area contributed by atoms with Gasteiger partial charge in [-0.05, 0) is 45.9 Å². The quantitative estimate of drug-likeness (QED) is 0.675. The second kappa shape index (κ2) is 8.10. The molecule has 2 aliphatic heterocycles. The molecule has 0 spiro atoms. The van der Waals surface area contributed by atoms with Gasteiger partial charge >= 0.3 is 0 Å². The van der Waals surface area contributed by atoms with Crippen LogP contribution in [0.4, 0.5) is 11.6 Å². The fourth-order valence-corrected chi connectivity index (χ4v) is 4.27. The Labute approximate surface area is 173 Å². The van der Waals surface area contributed by atoms with Gasteiger partial charge in [-0.2, -0.15) is 0 Å². The number of carbonyl (C=O) groups excluding carboxylic acids is 1. The van der Waals surface area contributed by atoms with E-state index in [0.29, 0.717) is 39.8 Å². The molecule has 1 aromatic carbocycles. The number of hydrogen-bond donors (Lipinski definition) is 1. The maximum atomic E-state index is 12.3. The summed E-state index contributed by atoms with van der Waals surface area (Å²) in [4.78, 5) is 19.3. The number of rotatable bonds is 3. The van der Waals surface area contributed by atoms with Gasteiger partial charge in [-0.15, -0.1) is 0 Å². The van der Waals surface area contributed by atoms with E-state index >= 15 is 0 Å². The molecule has 4 rings (SSSR count). The number of anilines is 1. The van der Waals surface area contributed by atoms with Crippen LogP contribution >= 0.6 is 39.3 Å². The minimum Gasteiger partial charge on any atom is -0.440 e. The number of thioether (sulfide) groups is 1. The molecule has 0 bridgehead atoms. The fourth-order valence-electron chi connectivity index (χ4n) is 2.70. The number of amidine groups is 1. The van der Waals surface area contributed by atoms with Crippen LogP contribution in [0.2, 0.25) is 5.02 Å². The van der Waals surface area contributed by atoms with Crippen molar-refractivity contribution in [2.24, 2.45) is 4.99 Å². The van der Waals surface area contributed by atoms with Crippen molar-refractivity contribution in [2.45, 2.75) is 0 Å². The summed E-state index contributed by atoms with van der Waals surface area (Å²) in [5, 5.41) is 3.86. The predicted octanol–water partition coefficient (Wildman–Crippen LogP) is 4.42. The van der Waals surface area contributed by atoms with Crippen molar-refractivity contribution in [1.29, 1.82) is 0 Å². The normalized spacial score (nSPS) is 20.5. The van der Waals surface area contributed by atoms with E-state index < -0.39 is 0 Å². The van der Waals surface area contributed by atoms with Crippen LogP contribution in [0.15, 0.2) is 49.1 Å². The van der Waals surface area contributed by atoms with E-state index in [4.69, 9.17) is 20.8 Å². The number of morpholine rings is 1. The highest BCUT2D eigenvalue weighted by atomic mass is 79.9. The first-order valence-electron chi connectivity index (χ1n) is 8.26. The first kappa shape index (κ1) is 18.6. The van der Waals surface area contributed by atoms with Crippen LogP contribution in [0, 0.1) is 0 Å². The van der Waals surface area contributed by atoms with Gasteiger partial charge < -0.3 is 19.4 Å². The number of benzene rings is 1. The second-order valence-corrected chi connectivity index (χ2v) is 8.18. The minimum atomic E-state index is -0.207. The topological polar surface area (TPSA) is 67.1 Å². The zero-order valence-corrected chi connectivity index (χ0v) is 17.2. The van der Waals surface area contributed by atoms with Gasteiger partial charge in [0.05, 0.1) is 28.3 Å². The number of halogens is 2. The lowest BCUT2D eigenvalue weighted by Gasteiger charge is -2.26. The average molecular weight is 469 g/mol. The summed E-state index contributed by atoms with van der Waals surface area (Å²) in [7, 11) is 0. The molecule has 27 heavy (non-hydrogen) atoms. The Morgan fingerprint density at radius 2 is 2.11 bits per heavy atom. The summed E-state index contributed by atoms with van der Waals surface area (Å²) in [6.45, 7) is 2.89. The van der Waals surface area contributed by atoms with Gasteiger partial charge in [0, 0.05) is 30.3 Å². The first-order chi connectivity index (χ1) is 13.1. The van der Waals surface area contributed by atoms with Gasteiger partial charge in [-0.3, -0.25) is 4.79 Å². The zero-order chi connectivity index (χ0) is 18.8. The lowest BCUT2D eigenvalue weighted by molar-refractivity contribution is -0.115. The summed E-state index contributed by atoms with van der Waals surface area (Å²) in [5.74, 6) is 1.15. The smallest absolute Gasteiger partial charge is 0.264 e. The SMILES string of the molecule is O=C1NC(=Nc2cccc(Cl)c2)S/C1=C\c1cc(Br)c(N2CCOCC2)o1. The average Bonchev–Trinajstić information content (AvgIpc) is 3.18. The predicted molar refractivity (Wildman–Crippen MR) is 112 cm³/mol. The Morgan fingerprint density at radius 1 is 1.30 bits per heavy atom. The highest BCUT2D eigenvalue weighted by molar-refractivity contribution is 9.10. The van der Waals surface area contributed by atoms with Crippen molar-refractivity contribution < 1.29 is 13.9 Å².